The predicted molar refractivity (Wildman–Crippen MR) is 80.9 cm³/mol. The zero-order valence-electron chi connectivity index (χ0n) is 12.6. The molecule has 1 aromatic carbocycles. The Morgan fingerprint density at radius 1 is 1.24 bits per heavy atom. The van der Waals surface area contributed by atoms with Crippen LogP contribution in [0, 0.1) is 0 Å². The third-order valence-electron chi connectivity index (χ3n) is 3.03. The van der Waals surface area contributed by atoms with Gasteiger partial charge in [0.1, 0.15) is 5.75 Å². The van der Waals surface area contributed by atoms with Crippen LogP contribution in [0.4, 0.5) is 0 Å². The molecule has 21 heavy (non-hydrogen) atoms. The molecular formula is C16H23NO4. The van der Waals surface area contributed by atoms with Crippen molar-refractivity contribution in [3.8, 4) is 5.75 Å². The Hall–Kier alpha value is -1.88. The van der Waals surface area contributed by atoms with Crippen molar-refractivity contribution in [1.82, 2.24) is 5.32 Å². The monoisotopic (exact) mass is 293 g/mol. The fraction of sp³-hybridized carbons (Fsp3) is 0.500. The van der Waals surface area contributed by atoms with E-state index in [1.54, 1.807) is 24.3 Å². The molecule has 0 fully saturated rings. The summed E-state index contributed by atoms with van der Waals surface area (Å²) < 4.78 is 5.47. The normalized spacial score (nSPS) is 11.9. The standard InChI is InChI=1S/C16H23NO4/c1-3-11-21-13-7-5-12(6-8-13)16(20)14(17-4-2)9-10-15(18)19/h5-8,14,17H,3-4,9-11H2,1-2H3,(H,18,19). The molecule has 0 aliphatic carbocycles. The average molecular weight is 293 g/mol. The Morgan fingerprint density at radius 2 is 1.90 bits per heavy atom. The van der Waals surface area contributed by atoms with E-state index in [0.29, 0.717) is 18.7 Å². The number of hydrogen-bond donors (Lipinski definition) is 2. The van der Waals surface area contributed by atoms with E-state index in [2.05, 4.69) is 5.32 Å². The predicted octanol–water partition coefficient (Wildman–Crippen LogP) is 2.50. The largest absolute Gasteiger partial charge is 0.494 e. The smallest absolute Gasteiger partial charge is 0.303 e. The minimum absolute atomic E-state index is 0.0267. The number of hydrogen-bond acceptors (Lipinski definition) is 4. The second-order valence-corrected chi connectivity index (χ2v) is 4.78. The number of carbonyl (C=O) groups is 2. The van der Waals surface area contributed by atoms with Crippen molar-refractivity contribution in [3.05, 3.63) is 29.8 Å². The van der Waals surface area contributed by atoms with Gasteiger partial charge >= 0.3 is 5.97 Å². The van der Waals surface area contributed by atoms with Crippen molar-refractivity contribution < 1.29 is 19.4 Å². The Morgan fingerprint density at radius 3 is 2.43 bits per heavy atom. The highest BCUT2D eigenvalue weighted by Crippen LogP contribution is 2.15. The molecule has 1 rings (SSSR count). The van der Waals surface area contributed by atoms with Crippen LogP contribution in [-0.4, -0.2) is 36.1 Å². The molecule has 1 unspecified atom stereocenters. The maximum Gasteiger partial charge on any atom is 0.303 e. The van der Waals surface area contributed by atoms with E-state index < -0.39 is 12.0 Å². The molecule has 0 aliphatic heterocycles. The lowest BCUT2D eigenvalue weighted by Crippen LogP contribution is -2.37. The van der Waals surface area contributed by atoms with E-state index in [4.69, 9.17) is 9.84 Å². The maximum atomic E-state index is 12.4. The van der Waals surface area contributed by atoms with Crippen LogP contribution >= 0.6 is 0 Å². The number of ether oxygens (including phenoxy) is 1. The van der Waals surface area contributed by atoms with Crippen LogP contribution in [0.15, 0.2) is 24.3 Å². The van der Waals surface area contributed by atoms with Crippen molar-refractivity contribution >= 4 is 11.8 Å². The molecule has 0 amide bonds. The van der Waals surface area contributed by atoms with Gasteiger partial charge < -0.3 is 15.2 Å². The lowest BCUT2D eigenvalue weighted by Gasteiger charge is -2.16. The molecule has 1 aromatic rings. The first-order valence-corrected chi connectivity index (χ1v) is 7.30. The highest BCUT2D eigenvalue weighted by molar-refractivity contribution is 6.00. The van der Waals surface area contributed by atoms with E-state index in [-0.39, 0.29) is 18.6 Å². The van der Waals surface area contributed by atoms with Gasteiger partial charge in [0, 0.05) is 12.0 Å². The van der Waals surface area contributed by atoms with Gasteiger partial charge in [0.25, 0.3) is 0 Å². The summed E-state index contributed by atoms with van der Waals surface area (Å²) in [5.41, 5.74) is 0.565. The molecule has 5 heteroatoms. The second-order valence-electron chi connectivity index (χ2n) is 4.78. The summed E-state index contributed by atoms with van der Waals surface area (Å²) in [5, 5.41) is 11.8. The van der Waals surface area contributed by atoms with Crippen molar-refractivity contribution in [2.45, 2.75) is 39.2 Å². The van der Waals surface area contributed by atoms with Gasteiger partial charge in [0.05, 0.1) is 12.6 Å². The number of rotatable bonds is 10. The van der Waals surface area contributed by atoms with Crippen LogP contribution in [0.5, 0.6) is 5.75 Å². The Bertz CT molecular complexity index is 456. The number of benzene rings is 1. The van der Waals surface area contributed by atoms with Crippen LogP contribution in [0.25, 0.3) is 0 Å². The van der Waals surface area contributed by atoms with Crippen molar-refractivity contribution in [3.63, 3.8) is 0 Å². The summed E-state index contributed by atoms with van der Waals surface area (Å²) in [5.74, 6) is -0.243. The molecule has 116 valence electrons. The molecule has 0 saturated carbocycles. The average Bonchev–Trinajstić information content (AvgIpc) is 2.49. The van der Waals surface area contributed by atoms with E-state index >= 15 is 0 Å². The van der Waals surface area contributed by atoms with Crippen LogP contribution < -0.4 is 10.1 Å². The molecule has 0 bridgehead atoms. The Labute approximate surface area is 125 Å². The summed E-state index contributed by atoms with van der Waals surface area (Å²) in [6.07, 6.45) is 1.19. The third-order valence-corrected chi connectivity index (χ3v) is 3.03. The number of carbonyl (C=O) groups excluding carboxylic acids is 1. The van der Waals surface area contributed by atoms with E-state index in [0.717, 1.165) is 12.2 Å². The SMILES string of the molecule is CCCOc1ccc(C(=O)C(CCC(=O)O)NCC)cc1. The van der Waals surface area contributed by atoms with Gasteiger partial charge in [-0.3, -0.25) is 9.59 Å². The van der Waals surface area contributed by atoms with Gasteiger partial charge in [-0.2, -0.15) is 0 Å². The number of Topliss-reactive ketones (excluding diaryl/α,β-unsaturated/α-hetero) is 1. The van der Waals surface area contributed by atoms with Crippen LogP contribution in [0.2, 0.25) is 0 Å². The number of ketones is 1. The van der Waals surface area contributed by atoms with E-state index in [1.165, 1.54) is 0 Å². The summed E-state index contributed by atoms with van der Waals surface area (Å²) in [7, 11) is 0. The van der Waals surface area contributed by atoms with Crippen molar-refractivity contribution in [2.24, 2.45) is 0 Å². The Kier molecular flexibility index (Phi) is 7.46. The first-order valence-electron chi connectivity index (χ1n) is 7.30. The highest BCUT2D eigenvalue weighted by atomic mass is 16.5. The number of carboxylic acid groups (broad SMARTS) is 1. The number of likely N-dealkylation sites (N-methyl/N-ethyl adjacent to an activating group) is 1. The first kappa shape index (κ1) is 17.2. The van der Waals surface area contributed by atoms with Gasteiger partial charge in [-0.25, -0.2) is 0 Å². The highest BCUT2D eigenvalue weighted by Gasteiger charge is 2.20. The topological polar surface area (TPSA) is 75.6 Å². The summed E-state index contributed by atoms with van der Waals surface area (Å²) in [6, 6.07) is 6.51. The fourth-order valence-electron chi connectivity index (χ4n) is 1.98. The Balaban J connectivity index is 2.71. The molecule has 1 atom stereocenters. The van der Waals surface area contributed by atoms with Gasteiger partial charge in [-0.15, -0.1) is 0 Å². The number of carboxylic acids is 1. The van der Waals surface area contributed by atoms with Gasteiger partial charge in [0.2, 0.25) is 0 Å². The zero-order valence-corrected chi connectivity index (χ0v) is 12.6. The van der Waals surface area contributed by atoms with Crippen molar-refractivity contribution in [1.29, 1.82) is 0 Å². The molecule has 0 aliphatic rings. The third kappa shape index (κ3) is 5.95. The summed E-state index contributed by atoms with van der Waals surface area (Å²) in [6.45, 7) is 5.18. The summed E-state index contributed by atoms with van der Waals surface area (Å²) in [4.78, 5) is 23.0. The molecule has 5 nitrogen and oxygen atoms in total. The summed E-state index contributed by atoms with van der Waals surface area (Å²) >= 11 is 0. The van der Waals surface area contributed by atoms with Crippen molar-refractivity contribution in [2.75, 3.05) is 13.2 Å². The van der Waals surface area contributed by atoms with Crippen LogP contribution in [0.1, 0.15) is 43.5 Å². The van der Waals surface area contributed by atoms with Crippen LogP contribution in [-0.2, 0) is 4.79 Å². The molecule has 2 N–H and O–H groups in total. The molecule has 0 heterocycles. The maximum absolute atomic E-state index is 12.4. The zero-order chi connectivity index (χ0) is 15.7. The lowest BCUT2D eigenvalue weighted by atomic mass is 10.00. The second kappa shape index (κ2) is 9.13. The van der Waals surface area contributed by atoms with E-state index in [1.807, 2.05) is 13.8 Å². The molecule has 0 spiro atoms. The van der Waals surface area contributed by atoms with Crippen LogP contribution in [0.3, 0.4) is 0 Å². The van der Waals surface area contributed by atoms with Gasteiger partial charge in [-0.1, -0.05) is 13.8 Å². The number of nitrogens with one attached hydrogen (secondary N) is 1. The fourth-order valence-corrected chi connectivity index (χ4v) is 1.98. The quantitative estimate of drug-likeness (QED) is 0.648. The van der Waals surface area contributed by atoms with Gasteiger partial charge in [-0.05, 0) is 43.7 Å². The minimum atomic E-state index is -0.894. The van der Waals surface area contributed by atoms with E-state index in [9.17, 15) is 9.59 Å². The van der Waals surface area contributed by atoms with Gasteiger partial charge in [0.15, 0.2) is 5.78 Å². The lowest BCUT2D eigenvalue weighted by molar-refractivity contribution is -0.137. The number of aliphatic carboxylic acids is 1. The first-order chi connectivity index (χ1) is 10.1. The minimum Gasteiger partial charge on any atom is -0.494 e. The molecule has 0 saturated heterocycles. The molecule has 0 radical (unpaired) electrons. The molecule has 0 aromatic heterocycles. The molecular weight excluding hydrogens is 270 g/mol.